The Morgan fingerprint density at radius 2 is 1.38 bits per heavy atom. The highest BCUT2D eigenvalue weighted by atomic mass is 14.3. The summed E-state index contributed by atoms with van der Waals surface area (Å²) in [6.45, 7) is 18.2. The first kappa shape index (κ1) is 12.7. The molecule has 0 aliphatic heterocycles. The van der Waals surface area contributed by atoms with Gasteiger partial charge < -0.3 is 0 Å². The Morgan fingerprint density at radius 3 is 1.62 bits per heavy atom. The Bertz CT molecular complexity index is 183. The molecule has 0 saturated heterocycles. The molecule has 0 nitrogen and oxygen atoms in total. The van der Waals surface area contributed by atoms with E-state index >= 15 is 0 Å². The molecule has 0 saturated carbocycles. The standard InChI is InChI=1S/C13H26/c1-10(9-12(3,4)5)11(2)13(6,7)8/h9,11H,1-8H3/b10-9+/t11-/m0/s1. The zero-order chi connectivity index (χ0) is 10.9. The first-order valence-electron chi connectivity index (χ1n) is 5.23. The number of rotatable bonds is 1. The van der Waals surface area contributed by atoms with Crippen molar-refractivity contribution in [1.82, 2.24) is 0 Å². The van der Waals surface area contributed by atoms with Crippen molar-refractivity contribution >= 4 is 0 Å². The zero-order valence-electron chi connectivity index (χ0n) is 10.7. The summed E-state index contributed by atoms with van der Waals surface area (Å²) < 4.78 is 0. The van der Waals surface area contributed by atoms with Gasteiger partial charge in [0.2, 0.25) is 0 Å². The lowest BCUT2D eigenvalue weighted by atomic mass is 9.76. The van der Waals surface area contributed by atoms with Gasteiger partial charge in [0, 0.05) is 0 Å². The van der Waals surface area contributed by atoms with E-state index in [1.165, 1.54) is 5.57 Å². The van der Waals surface area contributed by atoms with Gasteiger partial charge in [-0.1, -0.05) is 60.1 Å². The predicted molar refractivity (Wildman–Crippen MR) is 61.8 cm³/mol. The second-order valence-corrected chi connectivity index (χ2v) is 6.34. The maximum atomic E-state index is 2.39. The highest BCUT2D eigenvalue weighted by Gasteiger charge is 2.22. The van der Waals surface area contributed by atoms with Crippen LogP contribution in [-0.4, -0.2) is 0 Å². The lowest BCUT2D eigenvalue weighted by molar-refractivity contribution is 0.297. The molecule has 0 unspecified atom stereocenters. The third-order valence-corrected chi connectivity index (χ3v) is 2.64. The lowest BCUT2D eigenvalue weighted by Gasteiger charge is -2.29. The molecule has 0 heteroatoms. The zero-order valence-corrected chi connectivity index (χ0v) is 10.7. The van der Waals surface area contributed by atoms with Gasteiger partial charge in [0.15, 0.2) is 0 Å². The summed E-state index contributed by atoms with van der Waals surface area (Å²) in [6.07, 6.45) is 2.39. The van der Waals surface area contributed by atoms with Crippen molar-refractivity contribution in [2.75, 3.05) is 0 Å². The monoisotopic (exact) mass is 182 g/mol. The van der Waals surface area contributed by atoms with Crippen LogP contribution >= 0.6 is 0 Å². The minimum atomic E-state index is 0.309. The molecular formula is C13H26. The largest absolute Gasteiger partial charge is 0.0799 e. The summed E-state index contributed by atoms with van der Waals surface area (Å²) in [6, 6.07) is 0. The van der Waals surface area contributed by atoms with Crippen molar-refractivity contribution in [2.24, 2.45) is 16.7 Å². The van der Waals surface area contributed by atoms with E-state index in [1.54, 1.807) is 0 Å². The summed E-state index contributed by atoms with van der Waals surface area (Å²) in [4.78, 5) is 0. The van der Waals surface area contributed by atoms with Crippen molar-refractivity contribution < 1.29 is 0 Å². The normalized spacial score (nSPS) is 17.4. The van der Waals surface area contributed by atoms with Gasteiger partial charge in [-0.15, -0.1) is 0 Å². The topological polar surface area (TPSA) is 0 Å². The molecular weight excluding hydrogens is 156 g/mol. The fraction of sp³-hybridized carbons (Fsp3) is 0.846. The molecule has 0 amide bonds. The van der Waals surface area contributed by atoms with Crippen LogP contribution in [-0.2, 0) is 0 Å². The SMILES string of the molecule is C/C(=C\C(C)(C)C)[C@H](C)C(C)(C)C. The molecule has 0 rings (SSSR count). The third-order valence-electron chi connectivity index (χ3n) is 2.64. The summed E-state index contributed by atoms with van der Waals surface area (Å²) in [5.41, 5.74) is 2.20. The van der Waals surface area contributed by atoms with E-state index < -0.39 is 0 Å². The second kappa shape index (κ2) is 3.86. The molecule has 0 N–H and O–H groups in total. The van der Waals surface area contributed by atoms with Crippen LogP contribution in [0, 0.1) is 16.7 Å². The van der Waals surface area contributed by atoms with Crippen LogP contribution in [0.15, 0.2) is 11.6 Å². The van der Waals surface area contributed by atoms with Gasteiger partial charge in [0.05, 0.1) is 0 Å². The maximum Gasteiger partial charge on any atom is -0.0185 e. The van der Waals surface area contributed by atoms with Crippen molar-refractivity contribution in [1.29, 1.82) is 0 Å². The van der Waals surface area contributed by atoms with Crippen molar-refractivity contribution in [3.05, 3.63) is 11.6 Å². The van der Waals surface area contributed by atoms with E-state index in [0.29, 0.717) is 16.7 Å². The predicted octanol–water partition coefficient (Wildman–Crippen LogP) is 4.66. The molecule has 0 bridgehead atoms. The van der Waals surface area contributed by atoms with Crippen LogP contribution in [0.4, 0.5) is 0 Å². The summed E-state index contributed by atoms with van der Waals surface area (Å²) in [5, 5.41) is 0. The first-order valence-corrected chi connectivity index (χ1v) is 5.23. The van der Waals surface area contributed by atoms with Crippen LogP contribution in [0.2, 0.25) is 0 Å². The van der Waals surface area contributed by atoms with E-state index in [2.05, 4.69) is 61.5 Å². The highest BCUT2D eigenvalue weighted by Crippen LogP contribution is 2.33. The molecule has 0 spiro atoms. The average Bonchev–Trinajstić information content (AvgIpc) is 1.79. The van der Waals surface area contributed by atoms with Gasteiger partial charge in [-0.25, -0.2) is 0 Å². The summed E-state index contributed by atoms with van der Waals surface area (Å²) >= 11 is 0. The molecule has 0 fully saturated rings. The van der Waals surface area contributed by atoms with Crippen molar-refractivity contribution in [3.8, 4) is 0 Å². The van der Waals surface area contributed by atoms with Crippen LogP contribution < -0.4 is 0 Å². The second-order valence-electron chi connectivity index (χ2n) is 6.34. The van der Waals surface area contributed by atoms with Gasteiger partial charge in [-0.05, 0) is 23.7 Å². The summed E-state index contributed by atoms with van der Waals surface area (Å²) in [7, 11) is 0. The van der Waals surface area contributed by atoms with Gasteiger partial charge in [-0.2, -0.15) is 0 Å². The molecule has 0 aliphatic rings. The van der Waals surface area contributed by atoms with Gasteiger partial charge in [0.25, 0.3) is 0 Å². The quantitative estimate of drug-likeness (QED) is 0.517. The smallest absolute Gasteiger partial charge is 0.0185 e. The van der Waals surface area contributed by atoms with Gasteiger partial charge >= 0.3 is 0 Å². The molecule has 1 atom stereocenters. The van der Waals surface area contributed by atoms with Crippen LogP contribution in [0.3, 0.4) is 0 Å². The van der Waals surface area contributed by atoms with E-state index in [4.69, 9.17) is 0 Å². The fourth-order valence-electron chi connectivity index (χ4n) is 1.49. The number of hydrogen-bond acceptors (Lipinski definition) is 0. The number of allylic oxidation sites excluding steroid dienone is 2. The minimum absolute atomic E-state index is 0.309. The van der Waals surface area contributed by atoms with Crippen LogP contribution in [0.5, 0.6) is 0 Å². The fourth-order valence-corrected chi connectivity index (χ4v) is 1.49. The Morgan fingerprint density at radius 1 is 1.00 bits per heavy atom. The van der Waals surface area contributed by atoms with Gasteiger partial charge in [-0.3, -0.25) is 0 Å². The first-order chi connectivity index (χ1) is 5.54. The van der Waals surface area contributed by atoms with Gasteiger partial charge in [0.1, 0.15) is 0 Å². The molecule has 78 valence electrons. The van der Waals surface area contributed by atoms with Crippen LogP contribution in [0.1, 0.15) is 55.4 Å². The molecule has 0 aliphatic carbocycles. The summed E-state index contributed by atoms with van der Waals surface area (Å²) in [5.74, 6) is 0.659. The van der Waals surface area contributed by atoms with E-state index in [0.717, 1.165) is 0 Å². The van der Waals surface area contributed by atoms with Crippen molar-refractivity contribution in [2.45, 2.75) is 55.4 Å². The Kier molecular flexibility index (Phi) is 3.78. The van der Waals surface area contributed by atoms with Crippen molar-refractivity contribution in [3.63, 3.8) is 0 Å². The third kappa shape index (κ3) is 5.13. The molecule has 0 radical (unpaired) electrons. The Hall–Kier alpha value is -0.260. The molecule has 0 aromatic carbocycles. The lowest BCUT2D eigenvalue weighted by Crippen LogP contribution is -2.19. The van der Waals surface area contributed by atoms with E-state index in [1.807, 2.05) is 0 Å². The Labute approximate surface area is 84.4 Å². The molecule has 13 heavy (non-hydrogen) atoms. The minimum Gasteiger partial charge on any atom is -0.0799 e. The average molecular weight is 182 g/mol. The molecule has 0 heterocycles. The molecule has 0 aromatic heterocycles. The maximum absolute atomic E-state index is 2.39. The molecule has 0 aromatic rings. The van der Waals surface area contributed by atoms with E-state index in [-0.39, 0.29) is 0 Å². The van der Waals surface area contributed by atoms with Crippen LogP contribution in [0.25, 0.3) is 0 Å². The number of hydrogen-bond donors (Lipinski definition) is 0. The van der Waals surface area contributed by atoms with E-state index in [9.17, 15) is 0 Å². The Balaban J connectivity index is 4.62. The highest BCUT2D eigenvalue weighted by molar-refractivity contribution is 5.09.